The Morgan fingerprint density at radius 1 is 1.20 bits per heavy atom. The van der Waals surface area contributed by atoms with Crippen molar-refractivity contribution in [2.24, 2.45) is 11.8 Å². The molecule has 1 amide bonds. The van der Waals surface area contributed by atoms with Crippen molar-refractivity contribution in [2.75, 3.05) is 19.0 Å². The molecule has 0 unspecified atom stereocenters. The molecule has 1 aromatic rings. The molecule has 0 aliphatic heterocycles. The second-order valence-corrected chi connectivity index (χ2v) is 7.48. The Balaban J connectivity index is 3.11. The second kappa shape index (κ2) is 9.76. The molecule has 25 heavy (non-hydrogen) atoms. The lowest BCUT2D eigenvalue weighted by atomic mass is 9.83. The van der Waals surface area contributed by atoms with Crippen molar-refractivity contribution in [3.8, 4) is 5.88 Å². The van der Waals surface area contributed by atoms with Crippen LogP contribution in [0.5, 0.6) is 5.88 Å². The fourth-order valence-corrected chi connectivity index (χ4v) is 3.09. The Hall–Kier alpha value is -1.62. The standard InChI is InChI=1S/C20H34N2O3/c1-8-11-25-20(12-14(2)3,13-15(4)5)19(23)22-17-9-10-18(24-7)21-16(17)6/h9-10,14-15H,8,11-13H2,1-7H3,(H,22,23). The van der Waals surface area contributed by atoms with Crippen LogP contribution in [0.4, 0.5) is 5.69 Å². The number of rotatable bonds is 10. The van der Waals surface area contributed by atoms with Gasteiger partial charge in [-0.1, -0.05) is 34.6 Å². The third-order valence-corrected chi connectivity index (χ3v) is 3.99. The highest BCUT2D eigenvalue weighted by Gasteiger charge is 2.40. The molecule has 0 saturated carbocycles. The predicted octanol–water partition coefficient (Wildman–Crippen LogP) is 4.59. The van der Waals surface area contributed by atoms with Crippen LogP contribution in [0, 0.1) is 18.8 Å². The summed E-state index contributed by atoms with van der Waals surface area (Å²) in [6.07, 6.45) is 2.27. The van der Waals surface area contributed by atoms with E-state index in [4.69, 9.17) is 9.47 Å². The molecule has 0 aromatic carbocycles. The van der Waals surface area contributed by atoms with Crippen LogP contribution in [0.2, 0.25) is 0 Å². The zero-order valence-corrected chi connectivity index (χ0v) is 16.8. The maximum Gasteiger partial charge on any atom is 0.256 e. The van der Waals surface area contributed by atoms with E-state index in [1.807, 2.05) is 13.0 Å². The lowest BCUT2D eigenvalue weighted by Gasteiger charge is -2.35. The van der Waals surface area contributed by atoms with E-state index in [-0.39, 0.29) is 5.91 Å². The van der Waals surface area contributed by atoms with Crippen molar-refractivity contribution in [1.82, 2.24) is 4.98 Å². The number of ether oxygens (including phenoxy) is 2. The first-order chi connectivity index (χ1) is 11.7. The van der Waals surface area contributed by atoms with Crippen LogP contribution >= 0.6 is 0 Å². The van der Waals surface area contributed by atoms with Crippen molar-refractivity contribution in [3.05, 3.63) is 17.8 Å². The molecule has 5 heteroatoms. The molecule has 5 nitrogen and oxygen atoms in total. The predicted molar refractivity (Wildman–Crippen MR) is 102 cm³/mol. The number of nitrogens with zero attached hydrogens (tertiary/aromatic N) is 1. The SMILES string of the molecule is CCCOC(CC(C)C)(CC(C)C)C(=O)Nc1ccc(OC)nc1C. The van der Waals surface area contributed by atoms with E-state index in [1.54, 1.807) is 13.2 Å². The molecule has 1 aromatic heterocycles. The summed E-state index contributed by atoms with van der Waals surface area (Å²) in [5, 5.41) is 3.04. The van der Waals surface area contributed by atoms with E-state index in [9.17, 15) is 4.79 Å². The van der Waals surface area contributed by atoms with Crippen molar-refractivity contribution in [1.29, 1.82) is 0 Å². The maximum absolute atomic E-state index is 13.2. The van der Waals surface area contributed by atoms with Gasteiger partial charge in [0.2, 0.25) is 5.88 Å². The normalized spacial score (nSPS) is 11.9. The maximum atomic E-state index is 13.2. The van der Waals surface area contributed by atoms with Crippen LogP contribution in [-0.4, -0.2) is 30.2 Å². The molecule has 1 heterocycles. The highest BCUT2D eigenvalue weighted by molar-refractivity contribution is 5.97. The summed E-state index contributed by atoms with van der Waals surface area (Å²) >= 11 is 0. The highest BCUT2D eigenvalue weighted by atomic mass is 16.5. The first-order valence-electron chi connectivity index (χ1n) is 9.21. The van der Waals surface area contributed by atoms with Crippen LogP contribution < -0.4 is 10.1 Å². The van der Waals surface area contributed by atoms with Crippen LogP contribution in [0.25, 0.3) is 0 Å². The Bertz CT molecular complexity index is 546. The van der Waals surface area contributed by atoms with E-state index in [2.05, 4.69) is 44.9 Å². The summed E-state index contributed by atoms with van der Waals surface area (Å²) in [7, 11) is 1.58. The fraction of sp³-hybridized carbons (Fsp3) is 0.700. The van der Waals surface area contributed by atoms with Crippen LogP contribution in [0.3, 0.4) is 0 Å². The number of methoxy groups -OCH3 is 1. The number of hydrogen-bond acceptors (Lipinski definition) is 4. The minimum atomic E-state index is -0.815. The average molecular weight is 351 g/mol. The van der Waals surface area contributed by atoms with Gasteiger partial charge in [-0.25, -0.2) is 4.98 Å². The summed E-state index contributed by atoms with van der Waals surface area (Å²) < 4.78 is 11.3. The molecule has 0 radical (unpaired) electrons. The molecule has 0 bridgehead atoms. The summed E-state index contributed by atoms with van der Waals surface area (Å²) in [5.41, 5.74) is 0.610. The lowest BCUT2D eigenvalue weighted by molar-refractivity contribution is -0.147. The molecule has 0 fully saturated rings. The zero-order chi connectivity index (χ0) is 19.0. The topological polar surface area (TPSA) is 60.5 Å². The third kappa shape index (κ3) is 6.31. The van der Waals surface area contributed by atoms with Gasteiger partial charge in [0.25, 0.3) is 5.91 Å². The Morgan fingerprint density at radius 3 is 2.24 bits per heavy atom. The third-order valence-electron chi connectivity index (χ3n) is 3.99. The lowest BCUT2D eigenvalue weighted by Crippen LogP contribution is -2.48. The molecule has 142 valence electrons. The van der Waals surface area contributed by atoms with Gasteiger partial charge in [0.15, 0.2) is 0 Å². The van der Waals surface area contributed by atoms with Crippen LogP contribution in [0.15, 0.2) is 12.1 Å². The first kappa shape index (κ1) is 21.4. The molecule has 1 rings (SSSR count). The molecule has 0 saturated heterocycles. The Kier molecular flexibility index (Phi) is 8.36. The summed E-state index contributed by atoms with van der Waals surface area (Å²) in [6.45, 7) is 13.0. The van der Waals surface area contributed by atoms with Gasteiger partial charge in [-0.2, -0.15) is 0 Å². The molecule has 0 atom stereocenters. The number of amides is 1. The van der Waals surface area contributed by atoms with Gasteiger partial charge in [-0.15, -0.1) is 0 Å². The summed E-state index contributed by atoms with van der Waals surface area (Å²) in [5.74, 6) is 1.17. The molecule has 0 spiro atoms. The van der Waals surface area contributed by atoms with Gasteiger partial charge in [0.1, 0.15) is 5.60 Å². The smallest absolute Gasteiger partial charge is 0.256 e. The largest absolute Gasteiger partial charge is 0.481 e. The number of carbonyl (C=O) groups is 1. The van der Waals surface area contributed by atoms with Gasteiger partial charge in [-0.3, -0.25) is 4.79 Å². The molecule has 0 aliphatic carbocycles. The fourth-order valence-electron chi connectivity index (χ4n) is 3.09. The van der Waals surface area contributed by atoms with Crippen molar-refractivity contribution in [3.63, 3.8) is 0 Å². The number of carbonyl (C=O) groups excluding carboxylic acids is 1. The van der Waals surface area contributed by atoms with Gasteiger partial charge >= 0.3 is 0 Å². The molecule has 0 aliphatic rings. The van der Waals surface area contributed by atoms with Gasteiger partial charge in [-0.05, 0) is 44.1 Å². The van der Waals surface area contributed by atoms with Crippen LogP contribution in [-0.2, 0) is 9.53 Å². The van der Waals surface area contributed by atoms with Crippen molar-refractivity contribution in [2.45, 2.75) is 66.4 Å². The van der Waals surface area contributed by atoms with Gasteiger partial charge < -0.3 is 14.8 Å². The van der Waals surface area contributed by atoms with Crippen LogP contribution in [0.1, 0.15) is 59.6 Å². The molecular formula is C20H34N2O3. The van der Waals surface area contributed by atoms with E-state index in [0.29, 0.717) is 42.9 Å². The van der Waals surface area contributed by atoms with Gasteiger partial charge in [0, 0.05) is 12.7 Å². The van der Waals surface area contributed by atoms with Gasteiger partial charge in [0.05, 0.1) is 18.5 Å². The van der Waals surface area contributed by atoms with E-state index in [1.165, 1.54) is 0 Å². The Labute approximate surface area is 152 Å². The van der Waals surface area contributed by atoms with E-state index >= 15 is 0 Å². The van der Waals surface area contributed by atoms with Crippen molar-refractivity contribution >= 4 is 11.6 Å². The highest BCUT2D eigenvalue weighted by Crippen LogP contribution is 2.31. The molecule has 1 N–H and O–H groups in total. The Morgan fingerprint density at radius 2 is 1.80 bits per heavy atom. The minimum absolute atomic E-state index is 0.0848. The quantitative estimate of drug-likeness (QED) is 0.670. The first-order valence-corrected chi connectivity index (χ1v) is 9.21. The summed E-state index contributed by atoms with van der Waals surface area (Å²) in [6, 6.07) is 3.58. The zero-order valence-electron chi connectivity index (χ0n) is 16.8. The van der Waals surface area contributed by atoms with E-state index in [0.717, 1.165) is 12.1 Å². The van der Waals surface area contributed by atoms with Crippen molar-refractivity contribution < 1.29 is 14.3 Å². The monoisotopic (exact) mass is 350 g/mol. The summed E-state index contributed by atoms with van der Waals surface area (Å²) in [4.78, 5) is 17.6. The van der Waals surface area contributed by atoms with E-state index < -0.39 is 5.60 Å². The minimum Gasteiger partial charge on any atom is -0.481 e. The number of anilines is 1. The number of hydrogen-bond donors (Lipinski definition) is 1. The number of aryl methyl sites for hydroxylation is 1. The average Bonchev–Trinajstić information content (AvgIpc) is 2.53. The number of nitrogens with one attached hydrogen (secondary N) is 1. The molecular weight excluding hydrogens is 316 g/mol. The number of aromatic nitrogens is 1. The number of pyridine rings is 1. The second-order valence-electron chi connectivity index (χ2n) is 7.48.